The monoisotopic (exact) mass is 362 g/mol. The molecule has 1 N–H and O–H groups in total. The zero-order valence-corrected chi connectivity index (χ0v) is 13.8. The van der Waals surface area contributed by atoms with E-state index in [1.54, 1.807) is 13.0 Å². The summed E-state index contributed by atoms with van der Waals surface area (Å²) < 4.78 is 0.781. The van der Waals surface area contributed by atoms with Gasteiger partial charge in [-0.25, -0.2) is 0 Å². The molecule has 0 aliphatic heterocycles. The second-order valence-electron chi connectivity index (χ2n) is 4.83. The molecule has 2 rings (SSSR count). The topological polar surface area (TPSA) is 72.2 Å². The molecule has 6 heteroatoms. The van der Waals surface area contributed by atoms with E-state index in [1.807, 2.05) is 25.1 Å². The molecule has 2 aromatic carbocycles. The van der Waals surface area contributed by atoms with Crippen LogP contribution in [0.1, 0.15) is 28.4 Å². The molecule has 0 unspecified atom stereocenters. The molecular formula is C16H15BrN2O3. The smallest absolute Gasteiger partial charge is 0.273 e. The van der Waals surface area contributed by atoms with Crippen molar-refractivity contribution in [1.82, 2.24) is 0 Å². The second kappa shape index (κ2) is 6.70. The van der Waals surface area contributed by atoms with Crippen LogP contribution in [0.2, 0.25) is 0 Å². The zero-order chi connectivity index (χ0) is 16.3. The van der Waals surface area contributed by atoms with Crippen LogP contribution in [0.4, 0.5) is 11.4 Å². The Bertz CT molecular complexity index is 744. The van der Waals surface area contributed by atoms with Gasteiger partial charge >= 0.3 is 0 Å². The van der Waals surface area contributed by atoms with Gasteiger partial charge in [0.25, 0.3) is 11.6 Å². The van der Waals surface area contributed by atoms with Crippen LogP contribution in [0.15, 0.2) is 40.9 Å². The highest BCUT2D eigenvalue weighted by molar-refractivity contribution is 9.10. The Hall–Kier alpha value is -2.21. The molecule has 0 aliphatic carbocycles. The van der Waals surface area contributed by atoms with Gasteiger partial charge in [0.2, 0.25) is 0 Å². The lowest BCUT2D eigenvalue weighted by Gasteiger charge is -2.10. The molecule has 0 fully saturated rings. The van der Waals surface area contributed by atoms with Crippen molar-refractivity contribution in [2.75, 3.05) is 5.32 Å². The third kappa shape index (κ3) is 3.33. The number of halogens is 1. The van der Waals surface area contributed by atoms with Crippen LogP contribution < -0.4 is 5.32 Å². The number of nitrogens with zero attached hydrogens (tertiary/aromatic N) is 1. The van der Waals surface area contributed by atoms with Crippen LogP contribution >= 0.6 is 15.9 Å². The number of anilines is 1. The Morgan fingerprint density at radius 2 is 2.05 bits per heavy atom. The summed E-state index contributed by atoms with van der Waals surface area (Å²) in [5, 5.41) is 13.7. The number of rotatable bonds is 4. The summed E-state index contributed by atoms with van der Waals surface area (Å²) in [6.45, 7) is 3.62. The molecule has 0 heterocycles. The van der Waals surface area contributed by atoms with E-state index in [0.29, 0.717) is 16.8 Å². The first-order valence-electron chi connectivity index (χ1n) is 6.77. The van der Waals surface area contributed by atoms with E-state index in [9.17, 15) is 14.9 Å². The Kier molecular flexibility index (Phi) is 4.92. The van der Waals surface area contributed by atoms with Crippen molar-refractivity contribution in [2.24, 2.45) is 0 Å². The summed E-state index contributed by atoms with van der Waals surface area (Å²) in [5.41, 5.74) is 2.37. The van der Waals surface area contributed by atoms with E-state index in [-0.39, 0.29) is 11.6 Å². The average molecular weight is 363 g/mol. The molecule has 0 bridgehead atoms. The maximum atomic E-state index is 12.4. The molecule has 1 amide bonds. The summed E-state index contributed by atoms with van der Waals surface area (Å²) >= 11 is 3.42. The number of benzene rings is 2. The van der Waals surface area contributed by atoms with Crippen molar-refractivity contribution in [2.45, 2.75) is 20.3 Å². The molecule has 0 saturated heterocycles. The van der Waals surface area contributed by atoms with E-state index in [4.69, 9.17) is 0 Å². The van der Waals surface area contributed by atoms with Gasteiger partial charge in [-0.1, -0.05) is 19.1 Å². The molecule has 0 aliphatic rings. The maximum Gasteiger partial charge on any atom is 0.273 e. The SMILES string of the molecule is CCc1ccc(NC(=O)c2cccc([N+](=O)[O-])c2C)c(Br)c1. The minimum absolute atomic E-state index is 0.0620. The first-order valence-corrected chi connectivity index (χ1v) is 7.57. The second-order valence-corrected chi connectivity index (χ2v) is 5.68. The molecule has 0 radical (unpaired) electrons. The number of amides is 1. The number of carbonyl (C=O) groups excluding carboxylic acids is 1. The van der Waals surface area contributed by atoms with E-state index in [2.05, 4.69) is 21.2 Å². The normalized spacial score (nSPS) is 10.3. The van der Waals surface area contributed by atoms with Gasteiger partial charge in [0.05, 0.1) is 10.6 Å². The van der Waals surface area contributed by atoms with E-state index in [1.165, 1.54) is 12.1 Å². The predicted molar refractivity (Wildman–Crippen MR) is 89.3 cm³/mol. The standard InChI is InChI=1S/C16H15BrN2O3/c1-3-11-7-8-14(13(17)9-11)18-16(20)12-5-4-6-15(10(12)2)19(21)22/h4-9H,3H2,1-2H3,(H,18,20). The van der Waals surface area contributed by atoms with Crippen molar-refractivity contribution in [1.29, 1.82) is 0 Å². The van der Waals surface area contributed by atoms with E-state index >= 15 is 0 Å². The minimum Gasteiger partial charge on any atom is -0.321 e. The molecule has 0 atom stereocenters. The fourth-order valence-corrected chi connectivity index (χ4v) is 2.66. The Labute approximate surface area is 136 Å². The molecule has 2 aromatic rings. The van der Waals surface area contributed by atoms with Crippen molar-refractivity contribution in [3.8, 4) is 0 Å². The van der Waals surface area contributed by atoms with Gasteiger partial charge < -0.3 is 5.32 Å². The van der Waals surface area contributed by atoms with Crippen molar-refractivity contribution < 1.29 is 9.72 Å². The maximum absolute atomic E-state index is 12.4. The Morgan fingerprint density at radius 3 is 2.64 bits per heavy atom. The Morgan fingerprint density at radius 1 is 1.32 bits per heavy atom. The molecular weight excluding hydrogens is 348 g/mol. The zero-order valence-electron chi connectivity index (χ0n) is 12.2. The highest BCUT2D eigenvalue weighted by Gasteiger charge is 2.18. The van der Waals surface area contributed by atoms with E-state index < -0.39 is 4.92 Å². The Balaban J connectivity index is 2.30. The highest BCUT2D eigenvalue weighted by atomic mass is 79.9. The molecule has 22 heavy (non-hydrogen) atoms. The van der Waals surface area contributed by atoms with Crippen LogP contribution in [0.3, 0.4) is 0 Å². The van der Waals surface area contributed by atoms with Gasteiger partial charge in [-0.15, -0.1) is 0 Å². The van der Waals surface area contributed by atoms with Gasteiger partial charge in [-0.05, 0) is 53.0 Å². The lowest BCUT2D eigenvalue weighted by Crippen LogP contribution is -2.14. The number of hydrogen-bond acceptors (Lipinski definition) is 3. The third-order valence-electron chi connectivity index (χ3n) is 3.44. The van der Waals surface area contributed by atoms with Crippen molar-refractivity contribution >= 4 is 33.2 Å². The number of carbonyl (C=O) groups is 1. The van der Waals surface area contributed by atoms with Gasteiger partial charge in [0.15, 0.2) is 0 Å². The average Bonchev–Trinajstić information content (AvgIpc) is 2.49. The molecule has 114 valence electrons. The number of aryl methyl sites for hydroxylation is 1. The first-order chi connectivity index (χ1) is 10.4. The molecule has 0 spiro atoms. The fourth-order valence-electron chi connectivity index (χ4n) is 2.14. The number of nitrogens with one attached hydrogen (secondary N) is 1. The molecule has 5 nitrogen and oxygen atoms in total. The summed E-state index contributed by atoms with van der Waals surface area (Å²) in [7, 11) is 0. The predicted octanol–water partition coefficient (Wildman–Crippen LogP) is 4.48. The molecule has 0 aromatic heterocycles. The van der Waals surface area contributed by atoms with Gasteiger partial charge in [-0.2, -0.15) is 0 Å². The highest BCUT2D eigenvalue weighted by Crippen LogP contribution is 2.26. The summed E-state index contributed by atoms with van der Waals surface area (Å²) in [6, 6.07) is 10.2. The quantitative estimate of drug-likeness (QED) is 0.643. The van der Waals surface area contributed by atoms with Gasteiger partial charge in [-0.3, -0.25) is 14.9 Å². The van der Waals surface area contributed by atoms with Crippen LogP contribution in [-0.2, 0) is 6.42 Å². The van der Waals surface area contributed by atoms with E-state index in [0.717, 1.165) is 16.5 Å². The third-order valence-corrected chi connectivity index (χ3v) is 4.09. The summed E-state index contributed by atoms with van der Waals surface area (Å²) in [4.78, 5) is 22.8. The van der Waals surface area contributed by atoms with Crippen LogP contribution in [-0.4, -0.2) is 10.8 Å². The van der Waals surface area contributed by atoms with Crippen LogP contribution in [0.25, 0.3) is 0 Å². The molecule has 0 saturated carbocycles. The van der Waals surface area contributed by atoms with Gasteiger partial charge in [0, 0.05) is 21.7 Å². The lowest BCUT2D eigenvalue weighted by molar-refractivity contribution is -0.385. The lowest BCUT2D eigenvalue weighted by atomic mass is 10.1. The number of hydrogen-bond donors (Lipinski definition) is 1. The van der Waals surface area contributed by atoms with Crippen LogP contribution in [0.5, 0.6) is 0 Å². The largest absolute Gasteiger partial charge is 0.321 e. The summed E-state index contributed by atoms with van der Waals surface area (Å²) in [5.74, 6) is -0.369. The minimum atomic E-state index is -0.488. The summed E-state index contributed by atoms with van der Waals surface area (Å²) in [6.07, 6.45) is 0.900. The fraction of sp³-hybridized carbons (Fsp3) is 0.188. The van der Waals surface area contributed by atoms with Crippen LogP contribution in [0, 0.1) is 17.0 Å². The first kappa shape index (κ1) is 16.2. The number of nitro groups is 1. The van der Waals surface area contributed by atoms with Gasteiger partial charge in [0.1, 0.15) is 0 Å². The number of nitro benzene ring substituents is 1. The van der Waals surface area contributed by atoms with Crippen molar-refractivity contribution in [3.63, 3.8) is 0 Å². The van der Waals surface area contributed by atoms with Crippen molar-refractivity contribution in [3.05, 3.63) is 67.7 Å².